The largest absolute Gasteiger partial charge is 0.486 e. The van der Waals surface area contributed by atoms with Crippen LogP contribution in [-0.4, -0.2) is 79.8 Å². The zero-order valence-electron chi connectivity index (χ0n) is 21.5. The van der Waals surface area contributed by atoms with Crippen molar-refractivity contribution in [2.75, 3.05) is 51.2 Å². The van der Waals surface area contributed by atoms with Gasteiger partial charge in [0.05, 0.1) is 6.54 Å². The zero-order chi connectivity index (χ0) is 25.5. The van der Waals surface area contributed by atoms with Crippen LogP contribution in [0, 0.1) is 13.8 Å². The smallest absolute Gasteiger partial charge is 0.306 e. The second-order valence-corrected chi connectivity index (χ2v) is 9.58. The van der Waals surface area contributed by atoms with Crippen molar-refractivity contribution in [3.8, 4) is 11.5 Å². The van der Waals surface area contributed by atoms with E-state index in [1.165, 1.54) is 0 Å². The van der Waals surface area contributed by atoms with Crippen molar-refractivity contribution < 1.29 is 23.8 Å². The van der Waals surface area contributed by atoms with Crippen molar-refractivity contribution in [1.82, 2.24) is 9.80 Å². The lowest BCUT2D eigenvalue weighted by Crippen LogP contribution is -2.54. The van der Waals surface area contributed by atoms with Gasteiger partial charge in [-0.3, -0.25) is 19.4 Å². The molecule has 0 radical (unpaired) electrons. The molecule has 2 heterocycles. The molecular formula is C28H37N3O5. The van der Waals surface area contributed by atoms with Gasteiger partial charge in [0.15, 0.2) is 23.7 Å². The van der Waals surface area contributed by atoms with Gasteiger partial charge in [0.2, 0.25) is 5.91 Å². The summed E-state index contributed by atoms with van der Waals surface area (Å²) < 4.78 is 17.9. The maximum absolute atomic E-state index is 12.7. The van der Waals surface area contributed by atoms with Crippen LogP contribution in [0.4, 0.5) is 5.69 Å². The van der Waals surface area contributed by atoms with E-state index in [9.17, 15) is 9.59 Å². The molecule has 1 N–H and O–H groups in total. The van der Waals surface area contributed by atoms with Crippen LogP contribution in [0.1, 0.15) is 30.9 Å². The highest BCUT2D eigenvalue weighted by Crippen LogP contribution is 2.32. The van der Waals surface area contributed by atoms with Crippen molar-refractivity contribution in [3.05, 3.63) is 53.6 Å². The highest BCUT2D eigenvalue weighted by molar-refractivity contribution is 5.93. The first-order chi connectivity index (χ1) is 17.4. The first kappa shape index (κ1) is 26.0. The molecule has 2 aliphatic heterocycles. The Bertz CT molecular complexity index is 1030. The lowest BCUT2D eigenvalue weighted by atomic mass is 10.1. The van der Waals surface area contributed by atoms with Gasteiger partial charge in [-0.2, -0.15) is 0 Å². The van der Waals surface area contributed by atoms with Gasteiger partial charge in [-0.15, -0.1) is 0 Å². The summed E-state index contributed by atoms with van der Waals surface area (Å²) >= 11 is 0. The summed E-state index contributed by atoms with van der Waals surface area (Å²) in [5.41, 5.74) is 3.02. The summed E-state index contributed by atoms with van der Waals surface area (Å²) in [5.74, 6) is 1.16. The van der Waals surface area contributed by atoms with E-state index in [2.05, 4.69) is 15.1 Å². The number of benzene rings is 2. The molecule has 2 aliphatic rings. The maximum Gasteiger partial charge on any atom is 0.306 e. The number of fused-ring (bicyclic) bond motifs is 1. The van der Waals surface area contributed by atoms with Gasteiger partial charge in [0, 0.05) is 44.8 Å². The molecule has 8 nitrogen and oxygen atoms in total. The average molecular weight is 496 g/mol. The molecule has 2 aromatic rings. The summed E-state index contributed by atoms with van der Waals surface area (Å²) in [5, 5.41) is 3.07. The molecule has 2 aromatic carbocycles. The second kappa shape index (κ2) is 12.2. The molecular weight excluding hydrogens is 458 g/mol. The number of piperazine rings is 1. The van der Waals surface area contributed by atoms with E-state index in [1.54, 1.807) is 0 Å². The van der Waals surface area contributed by atoms with Crippen LogP contribution in [0.3, 0.4) is 0 Å². The number of carbonyl (C=O) groups is 2. The third-order valence-corrected chi connectivity index (χ3v) is 6.70. The molecule has 0 aliphatic carbocycles. The average Bonchev–Trinajstić information content (AvgIpc) is 2.87. The molecule has 0 spiro atoms. The van der Waals surface area contributed by atoms with Gasteiger partial charge < -0.3 is 19.5 Å². The number of carbonyl (C=O) groups excluding carboxylic acids is 2. The van der Waals surface area contributed by atoms with E-state index in [0.717, 1.165) is 49.4 Å². The number of nitrogens with one attached hydrogen (secondary N) is 1. The Morgan fingerprint density at radius 1 is 1.00 bits per heavy atom. The van der Waals surface area contributed by atoms with Crippen LogP contribution in [0.15, 0.2) is 42.5 Å². The van der Waals surface area contributed by atoms with E-state index < -0.39 is 6.10 Å². The number of amides is 1. The van der Waals surface area contributed by atoms with E-state index in [0.29, 0.717) is 37.6 Å². The predicted octanol–water partition coefficient (Wildman–Crippen LogP) is 3.41. The van der Waals surface area contributed by atoms with Crippen LogP contribution < -0.4 is 14.8 Å². The Morgan fingerprint density at radius 2 is 1.67 bits per heavy atom. The van der Waals surface area contributed by atoms with Crippen LogP contribution >= 0.6 is 0 Å². The Labute approximate surface area is 213 Å². The number of anilines is 1. The molecule has 8 heteroatoms. The lowest BCUT2D eigenvalue weighted by Gasteiger charge is -2.38. The fourth-order valence-electron chi connectivity index (χ4n) is 4.66. The van der Waals surface area contributed by atoms with Crippen molar-refractivity contribution in [3.63, 3.8) is 0 Å². The lowest BCUT2D eigenvalue weighted by molar-refractivity contribution is -0.157. The van der Waals surface area contributed by atoms with Crippen LogP contribution in [0.5, 0.6) is 11.5 Å². The third-order valence-electron chi connectivity index (χ3n) is 6.70. The minimum Gasteiger partial charge on any atom is -0.486 e. The molecule has 1 saturated heterocycles. The van der Waals surface area contributed by atoms with Crippen molar-refractivity contribution in [2.24, 2.45) is 0 Å². The minimum absolute atomic E-state index is 0.00126. The van der Waals surface area contributed by atoms with Gasteiger partial charge in [0.1, 0.15) is 6.61 Å². The van der Waals surface area contributed by atoms with Gasteiger partial charge in [-0.05, 0) is 43.5 Å². The fraction of sp³-hybridized carbons (Fsp3) is 0.500. The van der Waals surface area contributed by atoms with Crippen LogP contribution in [0.2, 0.25) is 0 Å². The van der Waals surface area contributed by atoms with Crippen molar-refractivity contribution in [1.29, 1.82) is 0 Å². The van der Waals surface area contributed by atoms with E-state index in [4.69, 9.17) is 14.2 Å². The first-order valence-corrected chi connectivity index (χ1v) is 12.8. The number of ether oxygens (including phenoxy) is 3. The second-order valence-electron chi connectivity index (χ2n) is 9.58. The number of para-hydroxylation sites is 3. The topological polar surface area (TPSA) is 80.3 Å². The first-order valence-electron chi connectivity index (χ1n) is 12.8. The number of hydrogen-bond acceptors (Lipinski definition) is 7. The van der Waals surface area contributed by atoms with Gasteiger partial charge in [-0.1, -0.05) is 37.3 Å². The molecule has 4 rings (SSSR count). The maximum atomic E-state index is 12.7. The SMILES string of the molecule is CCCC(=O)OC(CN1CCN(CC(=O)Nc2c(C)cccc2C)CC1)C1COc2ccccc2O1. The Hall–Kier alpha value is -3.10. The van der Waals surface area contributed by atoms with Crippen LogP contribution in [-0.2, 0) is 14.3 Å². The monoisotopic (exact) mass is 495 g/mol. The van der Waals surface area contributed by atoms with E-state index in [1.807, 2.05) is 63.2 Å². The van der Waals surface area contributed by atoms with Crippen LogP contribution in [0.25, 0.3) is 0 Å². The molecule has 36 heavy (non-hydrogen) atoms. The van der Waals surface area contributed by atoms with Gasteiger partial charge in [-0.25, -0.2) is 0 Å². The fourth-order valence-corrected chi connectivity index (χ4v) is 4.66. The molecule has 2 unspecified atom stereocenters. The number of hydrogen-bond donors (Lipinski definition) is 1. The van der Waals surface area contributed by atoms with Crippen molar-refractivity contribution in [2.45, 2.75) is 45.8 Å². The normalized spacial score (nSPS) is 18.9. The summed E-state index contributed by atoms with van der Waals surface area (Å²) in [6.45, 7) is 10.3. The standard InChI is InChI=1S/C28H37N3O5/c1-4-8-27(33)36-24(25-19-34-22-11-5-6-12-23(22)35-25)17-30-13-15-31(16-14-30)18-26(32)29-28-20(2)9-7-10-21(28)3/h5-7,9-12,24-25H,4,8,13-19H2,1-3H3,(H,29,32). The molecule has 0 bridgehead atoms. The summed E-state index contributed by atoms with van der Waals surface area (Å²) in [4.78, 5) is 29.5. The molecule has 0 saturated carbocycles. The molecule has 1 fully saturated rings. The highest BCUT2D eigenvalue weighted by atomic mass is 16.6. The molecule has 194 valence electrons. The van der Waals surface area contributed by atoms with E-state index >= 15 is 0 Å². The Kier molecular flexibility index (Phi) is 8.83. The Morgan fingerprint density at radius 3 is 2.36 bits per heavy atom. The molecule has 0 aromatic heterocycles. The zero-order valence-corrected chi connectivity index (χ0v) is 21.5. The summed E-state index contributed by atoms with van der Waals surface area (Å²) in [6, 6.07) is 13.6. The number of rotatable bonds is 9. The number of nitrogens with zero attached hydrogens (tertiary/aromatic N) is 2. The summed E-state index contributed by atoms with van der Waals surface area (Å²) in [7, 11) is 0. The highest BCUT2D eigenvalue weighted by Gasteiger charge is 2.34. The molecule has 2 atom stereocenters. The number of esters is 1. The van der Waals surface area contributed by atoms with Crippen molar-refractivity contribution >= 4 is 17.6 Å². The van der Waals surface area contributed by atoms with E-state index in [-0.39, 0.29) is 18.0 Å². The van der Waals surface area contributed by atoms with Gasteiger partial charge >= 0.3 is 5.97 Å². The quantitative estimate of drug-likeness (QED) is 0.534. The predicted molar refractivity (Wildman–Crippen MR) is 139 cm³/mol. The number of aryl methyl sites for hydroxylation is 2. The minimum atomic E-state index is -0.434. The third kappa shape index (κ3) is 6.77. The summed E-state index contributed by atoms with van der Waals surface area (Å²) in [6.07, 6.45) is 0.307. The van der Waals surface area contributed by atoms with Gasteiger partial charge in [0.25, 0.3) is 0 Å². The molecule has 1 amide bonds. The Balaban J connectivity index is 1.31.